The van der Waals surface area contributed by atoms with Crippen LogP contribution >= 0.6 is 11.6 Å². The second-order valence-corrected chi connectivity index (χ2v) is 7.10. The predicted molar refractivity (Wildman–Crippen MR) is 111 cm³/mol. The molecule has 2 heterocycles. The number of hydrogen-bond acceptors (Lipinski definition) is 7. The molecular formula is C21H18ClN3O5. The van der Waals surface area contributed by atoms with Crippen LogP contribution in [0.2, 0.25) is 5.02 Å². The quantitative estimate of drug-likeness (QED) is 0.538. The minimum Gasteiger partial charge on any atom is -0.497 e. The maximum Gasteiger partial charge on any atom is 0.355 e. The lowest BCUT2D eigenvalue weighted by atomic mass is 9.98. The lowest BCUT2D eigenvalue weighted by Gasteiger charge is -2.22. The Bertz CT molecular complexity index is 1040. The Kier molecular flexibility index (Phi) is 5.17. The summed E-state index contributed by atoms with van der Waals surface area (Å²) in [4.78, 5) is 40.1. The first-order valence-electron chi connectivity index (χ1n) is 9.28. The van der Waals surface area contributed by atoms with Crippen LogP contribution in [0.1, 0.15) is 6.92 Å². The first kappa shape index (κ1) is 19.9. The van der Waals surface area contributed by atoms with Gasteiger partial charge in [-0.15, -0.1) is 0 Å². The van der Waals surface area contributed by atoms with Crippen LogP contribution in [0.15, 0.2) is 53.6 Å². The third-order valence-corrected chi connectivity index (χ3v) is 5.21. The first-order valence-corrected chi connectivity index (χ1v) is 9.66. The molecule has 0 bridgehead atoms. The van der Waals surface area contributed by atoms with Crippen molar-refractivity contribution >= 4 is 46.5 Å². The Labute approximate surface area is 177 Å². The molecule has 2 amide bonds. The van der Waals surface area contributed by atoms with Gasteiger partial charge in [0.25, 0.3) is 5.91 Å². The van der Waals surface area contributed by atoms with E-state index in [1.807, 2.05) is 0 Å². The Balaban J connectivity index is 1.76. The van der Waals surface area contributed by atoms with Gasteiger partial charge < -0.3 is 9.47 Å². The summed E-state index contributed by atoms with van der Waals surface area (Å²) in [6, 6.07) is 12.2. The fraction of sp³-hybridized carbons (Fsp3) is 0.238. The average molecular weight is 428 g/mol. The van der Waals surface area contributed by atoms with Crippen molar-refractivity contribution in [3.63, 3.8) is 0 Å². The SMILES string of the molecule is CCOC(=O)C1=NN(c2ccc(Cl)cc2)[C@@H]2C(=O)N(c3ccc(OC)cc3)C(=O)[C@@H]12. The van der Waals surface area contributed by atoms with E-state index in [-0.39, 0.29) is 12.3 Å². The highest BCUT2D eigenvalue weighted by Crippen LogP contribution is 2.38. The lowest BCUT2D eigenvalue weighted by Crippen LogP contribution is -2.39. The van der Waals surface area contributed by atoms with Gasteiger partial charge in [0.05, 0.1) is 25.1 Å². The number of fused-ring (bicyclic) bond motifs is 1. The van der Waals surface area contributed by atoms with Crippen molar-refractivity contribution in [3.05, 3.63) is 53.6 Å². The van der Waals surface area contributed by atoms with E-state index in [0.717, 1.165) is 4.90 Å². The van der Waals surface area contributed by atoms with E-state index in [0.29, 0.717) is 22.1 Å². The minimum absolute atomic E-state index is 0.0915. The monoisotopic (exact) mass is 427 g/mol. The molecule has 2 aliphatic heterocycles. The Morgan fingerprint density at radius 3 is 2.27 bits per heavy atom. The number of carbonyl (C=O) groups is 3. The highest BCUT2D eigenvalue weighted by Gasteiger charge is 2.59. The summed E-state index contributed by atoms with van der Waals surface area (Å²) in [5, 5.41) is 6.19. The van der Waals surface area contributed by atoms with Crippen molar-refractivity contribution < 1.29 is 23.9 Å². The molecule has 2 aromatic rings. The van der Waals surface area contributed by atoms with Gasteiger partial charge >= 0.3 is 5.97 Å². The van der Waals surface area contributed by atoms with Crippen LogP contribution in [0.25, 0.3) is 0 Å². The highest BCUT2D eigenvalue weighted by molar-refractivity contribution is 6.47. The molecular weight excluding hydrogens is 410 g/mol. The zero-order chi connectivity index (χ0) is 21.4. The maximum absolute atomic E-state index is 13.3. The van der Waals surface area contributed by atoms with E-state index in [2.05, 4.69) is 5.10 Å². The molecule has 2 aromatic carbocycles. The zero-order valence-electron chi connectivity index (χ0n) is 16.2. The largest absolute Gasteiger partial charge is 0.497 e. The van der Waals surface area contributed by atoms with Crippen molar-refractivity contribution in [2.75, 3.05) is 23.6 Å². The molecule has 2 atom stereocenters. The number of benzene rings is 2. The Hall–Kier alpha value is -3.39. The van der Waals surface area contributed by atoms with E-state index >= 15 is 0 Å². The summed E-state index contributed by atoms with van der Waals surface area (Å²) >= 11 is 5.96. The minimum atomic E-state index is -1.06. The molecule has 0 aromatic heterocycles. The maximum atomic E-state index is 13.3. The molecule has 0 N–H and O–H groups in total. The number of hydrazone groups is 1. The van der Waals surface area contributed by atoms with Crippen LogP contribution < -0.4 is 14.6 Å². The van der Waals surface area contributed by atoms with E-state index < -0.39 is 29.7 Å². The number of imide groups is 1. The molecule has 8 nitrogen and oxygen atoms in total. The summed E-state index contributed by atoms with van der Waals surface area (Å²) < 4.78 is 10.2. The number of nitrogens with zero attached hydrogens (tertiary/aromatic N) is 3. The van der Waals surface area contributed by atoms with Gasteiger partial charge in [-0.2, -0.15) is 5.10 Å². The van der Waals surface area contributed by atoms with Crippen LogP contribution in [-0.4, -0.2) is 43.3 Å². The number of halogens is 1. The van der Waals surface area contributed by atoms with Crippen molar-refractivity contribution in [2.24, 2.45) is 11.0 Å². The van der Waals surface area contributed by atoms with Crippen molar-refractivity contribution in [1.82, 2.24) is 0 Å². The standard InChI is InChI=1S/C21H18ClN3O5/c1-3-30-21(28)17-16-18(25(23-17)14-6-4-12(22)5-7-14)20(27)24(19(16)26)13-8-10-15(29-2)11-9-13/h4-11,16,18H,3H2,1-2H3/t16-,18-/m0/s1. The molecule has 0 aliphatic carbocycles. The van der Waals surface area contributed by atoms with Crippen LogP contribution in [0.3, 0.4) is 0 Å². The number of ether oxygens (including phenoxy) is 2. The molecule has 2 aliphatic rings. The van der Waals surface area contributed by atoms with Gasteiger partial charge in [0.2, 0.25) is 5.91 Å². The molecule has 30 heavy (non-hydrogen) atoms. The van der Waals surface area contributed by atoms with Gasteiger partial charge in [-0.1, -0.05) is 11.6 Å². The fourth-order valence-electron chi connectivity index (χ4n) is 3.58. The summed E-state index contributed by atoms with van der Waals surface area (Å²) in [5.74, 6) is -2.20. The summed E-state index contributed by atoms with van der Waals surface area (Å²) in [6.45, 7) is 1.79. The van der Waals surface area contributed by atoms with Gasteiger partial charge in [0.1, 0.15) is 17.7 Å². The third kappa shape index (κ3) is 3.19. The molecule has 4 rings (SSSR count). The average Bonchev–Trinajstić information content (AvgIpc) is 3.26. The van der Waals surface area contributed by atoms with Gasteiger partial charge in [0.15, 0.2) is 5.71 Å². The van der Waals surface area contributed by atoms with Gasteiger partial charge in [0, 0.05) is 5.02 Å². The normalized spacial score (nSPS) is 20.3. The first-order chi connectivity index (χ1) is 14.5. The number of anilines is 2. The molecule has 1 fully saturated rings. The van der Waals surface area contributed by atoms with E-state index in [1.54, 1.807) is 55.5 Å². The van der Waals surface area contributed by atoms with Crippen LogP contribution in [0, 0.1) is 5.92 Å². The third-order valence-electron chi connectivity index (χ3n) is 4.96. The van der Waals surface area contributed by atoms with Gasteiger partial charge in [-0.3, -0.25) is 14.6 Å². The van der Waals surface area contributed by atoms with Gasteiger partial charge in [-0.05, 0) is 55.5 Å². The van der Waals surface area contributed by atoms with Crippen molar-refractivity contribution in [2.45, 2.75) is 13.0 Å². The zero-order valence-corrected chi connectivity index (χ0v) is 17.0. The van der Waals surface area contributed by atoms with E-state index in [9.17, 15) is 14.4 Å². The van der Waals surface area contributed by atoms with E-state index in [1.165, 1.54) is 12.1 Å². The number of amides is 2. The summed E-state index contributed by atoms with van der Waals surface area (Å²) in [6.07, 6.45) is 0. The Morgan fingerprint density at radius 1 is 1.03 bits per heavy atom. The van der Waals surface area contributed by atoms with Gasteiger partial charge in [-0.25, -0.2) is 9.69 Å². The number of carbonyl (C=O) groups excluding carboxylic acids is 3. The fourth-order valence-corrected chi connectivity index (χ4v) is 3.71. The molecule has 9 heteroatoms. The number of methoxy groups -OCH3 is 1. The smallest absolute Gasteiger partial charge is 0.355 e. The van der Waals surface area contributed by atoms with Crippen LogP contribution in [0.5, 0.6) is 5.75 Å². The molecule has 0 saturated carbocycles. The summed E-state index contributed by atoms with van der Waals surface area (Å²) in [7, 11) is 1.53. The second kappa shape index (κ2) is 7.79. The van der Waals surface area contributed by atoms with Crippen molar-refractivity contribution in [3.8, 4) is 5.75 Å². The number of hydrogen-bond donors (Lipinski definition) is 0. The predicted octanol–water partition coefficient (Wildman–Crippen LogP) is 2.65. The molecule has 0 radical (unpaired) electrons. The molecule has 0 spiro atoms. The number of esters is 1. The highest BCUT2D eigenvalue weighted by atomic mass is 35.5. The molecule has 0 unspecified atom stereocenters. The van der Waals surface area contributed by atoms with Crippen LogP contribution in [-0.2, 0) is 19.1 Å². The topological polar surface area (TPSA) is 88.5 Å². The lowest BCUT2D eigenvalue weighted by molar-refractivity contribution is -0.136. The summed E-state index contributed by atoms with van der Waals surface area (Å²) in [5.41, 5.74) is 0.831. The second-order valence-electron chi connectivity index (χ2n) is 6.66. The molecule has 1 saturated heterocycles. The van der Waals surface area contributed by atoms with Crippen molar-refractivity contribution in [1.29, 1.82) is 0 Å². The molecule has 154 valence electrons. The van der Waals surface area contributed by atoms with E-state index in [4.69, 9.17) is 21.1 Å². The Morgan fingerprint density at radius 2 is 1.67 bits per heavy atom. The number of rotatable bonds is 5. The van der Waals surface area contributed by atoms with Crippen LogP contribution in [0.4, 0.5) is 11.4 Å².